The molecular formula is C21H25NO4. The lowest BCUT2D eigenvalue weighted by Crippen LogP contribution is -2.39. The molecule has 0 saturated carbocycles. The second-order valence-corrected chi connectivity index (χ2v) is 7.61. The van der Waals surface area contributed by atoms with E-state index in [1.54, 1.807) is 14.2 Å². The van der Waals surface area contributed by atoms with E-state index < -0.39 is 0 Å². The van der Waals surface area contributed by atoms with E-state index in [1.165, 1.54) is 6.42 Å². The van der Waals surface area contributed by atoms with Gasteiger partial charge in [0.05, 0.1) is 25.5 Å². The van der Waals surface area contributed by atoms with E-state index in [-0.39, 0.29) is 5.97 Å². The maximum atomic E-state index is 12.5. The summed E-state index contributed by atoms with van der Waals surface area (Å²) in [5.41, 5.74) is 2.65. The number of anilines is 1. The Morgan fingerprint density at radius 2 is 1.69 bits per heavy atom. The van der Waals surface area contributed by atoms with Crippen molar-refractivity contribution in [3.05, 3.63) is 29.3 Å². The molecule has 2 aromatic carbocycles. The zero-order chi connectivity index (χ0) is 18.4. The van der Waals surface area contributed by atoms with Gasteiger partial charge in [0.25, 0.3) is 0 Å². The molecule has 2 heterocycles. The van der Waals surface area contributed by atoms with E-state index in [0.717, 1.165) is 35.1 Å². The van der Waals surface area contributed by atoms with Crippen molar-refractivity contribution < 1.29 is 19.0 Å². The van der Waals surface area contributed by atoms with Gasteiger partial charge in [-0.25, -0.2) is 4.79 Å². The van der Waals surface area contributed by atoms with Crippen LogP contribution in [0.4, 0.5) is 5.69 Å². The average Bonchev–Trinajstić information content (AvgIpc) is 2.98. The van der Waals surface area contributed by atoms with Crippen LogP contribution in [-0.4, -0.2) is 33.3 Å². The maximum absolute atomic E-state index is 12.5. The minimum Gasteiger partial charge on any atom is -0.493 e. The predicted octanol–water partition coefficient (Wildman–Crippen LogP) is 4.01. The number of hydrogen-bond donors (Lipinski definition) is 0. The Morgan fingerprint density at radius 1 is 1.04 bits per heavy atom. The zero-order valence-corrected chi connectivity index (χ0v) is 15.8. The summed E-state index contributed by atoms with van der Waals surface area (Å²) in [6, 6.07) is 6.01. The molecule has 0 aliphatic carbocycles. The standard InChI is InChI=1S/C21H25NO4/c1-12-5-13(2)10-22(9-12)20-16-8-18(25-4)17(24-3)7-14(16)6-15-11-26-21(23)19(15)20/h6-8,12-13H,5,9-11H2,1-4H3. The van der Waals surface area contributed by atoms with Gasteiger partial charge in [0.2, 0.25) is 0 Å². The Hall–Kier alpha value is -2.43. The summed E-state index contributed by atoms with van der Waals surface area (Å²) < 4.78 is 16.3. The molecule has 2 aliphatic heterocycles. The molecule has 2 atom stereocenters. The first-order chi connectivity index (χ1) is 12.5. The number of benzene rings is 2. The summed E-state index contributed by atoms with van der Waals surface area (Å²) in [6.07, 6.45) is 1.21. The number of hydrogen-bond acceptors (Lipinski definition) is 5. The molecule has 26 heavy (non-hydrogen) atoms. The van der Waals surface area contributed by atoms with Gasteiger partial charge in [0.15, 0.2) is 11.5 Å². The van der Waals surface area contributed by atoms with Gasteiger partial charge in [0, 0.05) is 24.0 Å². The highest BCUT2D eigenvalue weighted by atomic mass is 16.5. The van der Waals surface area contributed by atoms with Gasteiger partial charge >= 0.3 is 5.97 Å². The van der Waals surface area contributed by atoms with Crippen molar-refractivity contribution in [3.63, 3.8) is 0 Å². The van der Waals surface area contributed by atoms with E-state index in [0.29, 0.717) is 35.5 Å². The van der Waals surface area contributed by atoms with E-state index in [4.69, 9.17) is 14.2 Å². The number of carbonyl (C=O) groups excluding carboxylic acids is 1. The minimum atomic E-state index is -0.224. The van der Waals surface area contributed by atoms with Crippen LogP contribution in [0.15, 0.2) is 18.2 Å². The van der Waals surface area contributed by atoms with Gasteiger partial charge in [0.1, 0.15) is 6.61 Å². The van der Waals surface area contributed by atoms with Crippen LogP contribution < -0.4 is 14.4 Å². The quantitative estimate of drug-likeness (QED) is 0.779. The van der Waals surface area contributed by atoms with Gasteiger partial charge in [-0.2, -0.15) is 0 Å². The number of rotatable bonds is 3. The summed E-state index contributed by atoms with van der Waals surface area (Å²) in [7, 11) is 3.27. The number of fused-ring (bicyclic) bond motifs is 2. The highest BCUT2D eigenvalue weighted by Gasteiger charge is 2.32. The fourth-order valence-electron chi connectivity index (χ4n) is 4.50. The lowest BCUT2D eigenvalue weighted by Gasteiger charge is -2.38. The van der Waals surface area contributed by atoms with Crippen molar-refractivity contribution in [2.24, 2.45) is 11.8 Å². The minimum absolute atomic E-state index is 0.224. The highest BCUT2D eigenvalue weighted by Crippen LogP contribution is 2.43. The van der Waals surface area contributed by atoms with Crippen molar-refractivity contribution in [2.45, 2.75) is 26.9 Å². The van der Waals surface area contributed by atoms with E-state index in [9.17, 15) is 4.79 Å². The molecule has 5 heteroatoms. The Bertz CT molecular complexity index is 866. The smallest absolute Gasteiger partial charge is 0.341 e. The van der Waals surface area contributed by atoms with Gasteiger partial charge in [-0.1, -0.05) is 13.8 Å². The first-order valence-corrected chi connectivity index (χ1v) is 9.15. The van der Waals surface area contributed by atoms with Crippen molar-refractivity contribution in [1.82, 2.24) is 0 Å². The van der Waals surface area contributed by atoms with Crippen LogP contribution in [0.25, 0.3) is 10.8 Å². The predicted molar refractivity (Wildman–Crippen MR) is 101 cm³/mol. The van der Waals surface area contributed by atoms with Crippen molar-refractivity contribution in [3.8, 4) is 11.5 Å². The highest BCUT2D eigenvalue weighted by molar-refractivity contribution is 6.10. The molecule has 5 nitrogen and oxygen atoms in total. The SMILES string of the molecule is COc1cc2cc3c(c(N4CC(C)CC(C)C4)c2cc1OC)C(=O)OC3. The number of nitrogens with zero attached hydrogens (tertiary/aromatic N) is 1. The van der Waals surface area contributed by atoms with Gasteiger partial charge in [-0.3, -0.25) is 0 Å². The molecular weight excluding hydrogens is 330 g/mol. The first-order valence-electron chi connectivity index (χ1n) is 9.15. The van der Waals surface area contributed by atoms with E-state index >= 15 is 0 Å². The third-order valence-corrected chi connectivity index (χ3v) is 5.45. The zero-order valence-electron chi connectivity index (χ0n) is 15.8. The van der Waals surface area contributed by atoms with Crippen LogP contribution in [0, 0.1) is 11.8 Å². The number of methoxy groups -OCH3 is 2. The molecule has 0 radical (unpaired) electrons. The van der Waals surface area contributed by atoms with Crippen LogP contribution in [0.1, 0.15) is 36.2 Å². The molecule has 138 valence electrons. The molecule has 1 fully saturated rings. The van der Waals surface area contributed by atoms with Crippen LogP contribution in [0.3, 0.4) is 0 Å². The molecule has 2 aromatic rings. The molecule has 2 unspecified atom stereocenters. The monoisotopic (exact) mass is 355 g/mol. The molecule has 0 amide bonds. The normalized spacial score (nSPS) is 22.3. The van der Waals surface area contributed by atoms with Crippen LogP contribution in [0.5, 0.6) is 11.5 Å². The lowest BCUT2D eigenvalue weighted by molar-refractivity contribution is 0.0535. The molecule has 1 saturated heterocycles. The van der Waals surface area contributed by atoms with Gasteiger partial charge in [-0.15, -0.1) is 0 Å². The van der Waals surface area contributed by atoms with Gasteiger partial charge in [-0.05, 0) is 41.8 Å². The largest absolute Gasteiger partial charge is 0.493 e. The molecule has 0 spiro atoms. The van der Waals surface area contributed by atoms with Gasteiger partial charge < -0.3 is 19.1 Å². The third-order valence-electron chi connectivity index (χ3n) is 5.45. The second-order valence-electron chi connectivity index (χ2n) is 7.61. The van der Waals surface area contributed by atoms with E-state index in [1.807, 2.05) is 18.2 Å². The van der Waals surface area contributed by atoms with Crippen LogP contribution >= 0.6 is 0 Å². The van der Waals surface area contributed by atoms with Crippen molar-refractivity contribution in [2.75, 3.05) is 32.2 Å². The Labute approximate surface area is 153 Å². The first kappa shape index (κ1) is 17.0. The van der Waals surface area contributed by atoms with E-state index in [2.05, 4.69) is 18.7 Å². The third kappa shape index (κ3) is 2.66. The van der Waals surface area contributed by atoms with Crippen molar-refractivity contribution >= 4 is 22.4 Å². The number of cyclic esters (lactones) is 1. The number of carbonyl (C=O) groups is 1. The molecule has 0 aromatic heterocycles. The molecule has 4 rings (SSSR count). The summed E-state index contributed by atoms with van der Waals surface area (Å²) in [5.74, 6) is 2.31. The Kier molecular flexibility index (Phi) is 4.17. The van der Waals surface area contributed by atoms with Crippen molar-refractivity contribution in [1.29, 1.82) is 0 Å². The number of esters is 1. The average molecular weight is 355 g/mol. The summed E-state index contributed by atoms with van der Waals surface area (Å²) >= 11 is 0. The molecule has 0 bridgehead atoms. The number of piperidine rings is 1. The molecule has 0 N–H and O–H groups in total. The molecule has 2 aliphatic rings. The fourth-order valence-corrected chi connectivity index (χ4v) is 4.50. The topological polar surface area (TPSA) is 48.0 Å². The number of ether oxygens (including phenoxy) is 3. The van der Waals surface area contributed by atoms with Crippen LogP contribution in [0.2, 0.25) is 0 Å². The Morgan fingerprint density at radius 3 is 2.35 bits per heavy atom. The summed E-state index contributed by atoms with van der Waals surface area (Å²) in [4.78, 5) is 14.9. The fraction of sp³-hybridized carbons (Fsp3) is 0.476. The second kappa shape index (κ2) is 6.38. The Balaban J connectivity index is 1.99. The lowest BCUT2D eigenvalue weighted by atomic mass is 9.89. The summed E-state index contributed by atoms with van der Waals surface area (Å²) in [5, 5.41) is 2.06. The summed E-state index contributed by atoms with van der Waals surface area (Å²) in [6.45, 7) is 6.77. The van der Waals surface area contributed by atoms with Crippen LogP contribution in [-0.2, 0) is 11.3 Å². The maximum Gasteiger partial charge on any atom is 0.341 e.